The molecule has 0 spiro atoms. The summed E-state index contributed by atoms with van der Waals surface area (Å²) in [5.74, 6) is 0.651. The summed E-state index contributed by atoms with van der Waals surface area (Å²) in [6.07, 6.45) is 3.76. The monoisotopic (exact) mass is 194 g/mol. The number of piperidine rings is 1. The summed E-state index contributed by atoms with van der Waals surface area (Å²) in [6.45, 7) is 2.51. The van der Waals surface area contributed by atoms with Crippen LogP contribution in [0, 0.1) is 11.7 Å². The lowest BCUT2D eigenvalue weighted by Gasteiger charge is -2.19. The van der Waals surface area contributed by atoms with Crippen molar-refractivity contribution in [1.29, 1.82) is 0 Å². The highest BCUT2D eigenvalue weighted by Gasteiger charge is 2.15. The van der Waals surface area contributed by atoms with E-state index >= 15 is 0 Å². The van der Waals surface area contributed by atoms with Gasteiger partial charge in [-0.05, 0) is 37.0 Å². The van der Waals surface area contributed by atoms with Gasteiger partial charge < -0.3 is 5.32 Å². The summed E-state index contributed by atoms with van der Waals surface area (Å²) in [7, 11) is 0. The molecule has 0 aromatic heterocycles. The first kappa shape index (κ1) is 9.66. The Balaban J connectivity index is 1.92. The molecule has 0 saturated carbocycles. The third-order valence-corrected chi connectivity index (χ3v) is 2.96. The van der Waals surface area contributed by atoms with Crippen LogP contribution in [0.3, 0.4) is 0 Å². The van der Waals surface area contributed by atoms with Crippen LogP contribution < -0.4 is 5.32 Å². The quantitative estimate of drug-likeness (QED) is 0.731. The third-order valence-electron chi connectivity index (χ3n) is 2.96. The Morgan fingerprint density at radius 2 is 2.07 bits per heavy atom. The van der Waals surface area contributed by atoms with Gasteiger partial charge in [-0.25, -0.2) is 4.39 Å². The standard InChI is InChI=1S/C12H16FN/c13-12-5-3-10(4-6-12)8-11-2-1-7-14-9-11/h3-6,11,14H,1-2,7-9H2/p+1/t11-/m0/s1. The summed E-state index contributed by atoms with van der Waals surface area (Å²) in [4.78, 5) is 0. The molecule has 0 amide bonds. The molecule has 1 aromatic rings. The number of quaternary nitrogens is 1. The second-order valence-corrected chi connectivity index (χ2v) is 4.15. The maximum absolute atomic E-state index is 12.7. The van der Waals surface area contributed by atoms with E-state index < -0.39 is 0 Å². The first-order chi connectivity index (χ1) is 6.84. The summed E-state index contributed by atoms with van der Waals surface area (Å²) in [6, 6.07) is 6.93. The lowest BCUT2D eigenvalue weighted by atomic mass is 9.92. The Kier molecular flexibility index (Phi) is 3.14. The van der Waals surface area contributed by atoms with Gasteiger partial charge in [0.25, 0.3) is 0 Å². The molecular formula is C12H17FN+. The number of hydrogen-bond donors (Lipinski definition) is 1. The van der Waals surface area contributed by atoms with Gasteiger partial charge in [-0.15, -0.1) is 0 Å². The summed E-state index contributed by atoms with van der Waals surface area (Å²) >= 11 is 0. The highest BCUT2D eigenvalue weighted by molar-refractivity contribution is 5.16. The predicted octanol–water partition coefficient (Wildman–Crippen LogP) is 1.34. The van der Waals surface area contributed by atoms with Crippen LogP contribution in [-0.4, -0.2) is 13.1 Å². The van der Waals surface area contributed by atoms with E-state index in [0.29, 0.717) is 0 Å². The smallest absolute Gasteiger partial charge is 0.123 e. The molecule has 0 radical (unpaired) electrons. The minimum atomic E-state index is -0.135. The molecule has 1 atom stereocenters. The lowest BCUT2D eigenvalue weighted by Crippen LogP contribution is -2.87. The minimum Gasteiger partial charge on any atom is -0.346 e. The molecule has 0 unspecified atom stereocenters. The van der Waals surface area contributed by atoms with E-state index in [9.17, 15) is 4.39 Å². The van der Waals surface area contributed by atoms with Gasteiger partial charge in [-0.3, -0.25) is 0 Å². The van der Waals surface area contributed by atoms with Gasteiger partial charge >= 0.3 is 0 Å². The van der Waals surface area contributed by atoms with Crippen LogP contribution in [0.2, 0.25) is 0 Å². The van der Waals surface area contributed by atoms with E-state index in [0.717, 1.165) is 12.3 Å². The molecule has 76 valence electrons. The molecule has 2 N–H and O–H groups in total. The van der Waals surface area contributed by atoms with Crippen LogP contribution in [0.15, 0.2) is 24.3 Å². The van der Waals surface area contributed by atoms with Crippen molar-refractivity contribution < 1.29 is 9.71 Å². The largest absolute Gasteiger partial charge is 0.346 e. The minimum absolute atomic E-state index is 0.135. The second kappa shape index (κ2) is 4.56. The van der Waals surface area contributed by atoms with Crippen LogP contribution in [0.1, 0.15) is 18.4 Å². The molecule has 1 heterocycles. The Labute approximate surface area is 84.3 Å². The van der Waals surface area contributed by atoms with Gasteiger partial charge in [0, 0.05) is 5.92 Å². The molecule has 1 nitrogen and oxygen atoms in total. The van der Waals surface area contributed by atoms with Gasteiger partial charge in [-0.1, -0.05) is 12.1 Å². The number of rotatable bonds is 2. The number of hydrogen-bond acceptors (Lipinski definition) is 0. The predicted molar refractivity (Wildman–Crippen MR) is 54.5 cm³/mol. The fourth-order valence-electron chi connectivity index (χ4n) is 2.16. The van der Waals surface area contributed by atoms with E-state index in [1.807, 2.05) is 12.1 Å². The summed E-state index contributed by atoms with van der Waals surface area (Å²) in [5.41, 5.74) is 1.27. The van der Waals surface area contributed by atoms with Crippen LogP contribution in [-0.2, 0) is 6.42 Å². The highest BCUT2D eigenvalue weighted by atomic mass is 19.1. The average molecular weight is 194 g/mol. The van der Waals surface area contributed by atoms with Gasteiger partial charge in [-0.2, -0.15) is 0 Å². The van der Waals surface area contributed by atoms with Crippen LogP contribution >= 0.6 is 0 Å². The summed E-state index contributed by atoms with van der Waals surface area (Å²) in [5, 5.41) is 2.39. The third kappa shape index (κ3) is 2.55. The number of halogens is 1. The highest BCUT2D eigenvalue weighted by Crippen LogP contribution is 2.14. The van der Waals surface area contributed by atoms with Crippen molar-refractivity contribution in [3.63, 3.8) is 0 Å². The molecular weight excluding hydrogens is 177 g/mol. The molecule has 1 fully saturated rings. The molecule has 2 rings (SSSR count). The first-order valence-electron chi connectivity index (χ1n) is 5.41. The molecule has 2 heteroatoms. The van der Waals surface area contributed by atoms with E-state index in [1.54, 1.807) is 12.1 Å². The zero-order valence-electron chi connectivity index (χ0n) is 8.38. The Bertz CT molecular complexity index is 275. The number of benzene rings is 1. The van der Waals surface area contributed by atoms with E-state index in [1.165, 1.54) is 31.5 Å². The number of nitrogens with two attached hydrogens (primary N) is 1. The maximum atomic E-state index is 12.7. The Hall–Kier alpha value is -0.890. The normalized spacial score (nSPS) is 22.2. The maximum Gasteiger partial charge on any atom is 0.123 e. The fraction of sp³-hybridized carbons (Fsp3) is 0.500. The van der Waals surface area contributed by atoms with Crippen molar-refractivity contribution in [3.05, 3.63) is 35.6 Å². The second-order valence-electron chi connectivity index (χ2n) is 4.15. The molecule has 0 aliphatic carbocycles. The van der Waals surface area contributed by atoms with Gasteiger partial charge in [0.15, 0.2) is 0 Å². The fourth-order valence-corrected chi connectivity index (χ4v) is 2.16. The van der Waals surface area contributed by atoms with Crippen LogP contribution in [0.5, 0.6) is 0 Å². The van der Waals surface area contributed by atoms with Crippen molar-refractivity contribution in [3.8, 4) is 0 Å². The molecule has 1 saturated heterocycles. The van der Waals surface area contributed by atoms with Crippen LogP contribution in [0.4, 0.5) is 4.39 Å². The van der Waals surface area contributed by atoms with Crippen molar-refractivity contribution in [2.45, 2.75) is 19.3 Å². The molecule has 1 aromatic carbocycles. The van der Waals surface area contributed by atoms with Gasteiger partial charge in [0.05, 0.1) is 13.1 Å². The van der Waals surface area contributed by atoms with Crippen LogP contribution in [0.25, 0.3) is 0 Å². The molecule has 0 bridgehead atoms. The Morgan fingerprint density at radius 3 is 2.71 bits per heavy atom. The van der Waals surface area contributed by atoms with E-state index in [4.69, 9.17) is 0 Å². The SMILES string of the molecule is Fc1ccc(C[C@@H]2CCC[NH2+]C2)cc1. The van der Waals surface area contributed by atoms with Crippen molar-refractivity contribution in [1.82, 2.24) is 0 Å². The summed E-state index contributed by atoms with van der Waals surface area (Å²) < 4.78 is 12.7. The molecule has 14 heavy (non-hydrogen) atoms. The molecule has 1 aliphatic heterocycles. The zero-order chi connectivity index (χ0) is 9.80. The van der Waals surface area contributed by atoms with E-state index in [2.05, 4.69) is 5.32 Å². The van der Waals surface area contributed by atoms with Crippen molar-refractivity contribution >= 4 is 0 Å². The topological polar surface area (TPSA) is 16.6 Å². The van der Waals surface area contributed by atoms with Gasteiger partial charge in [0.2, 0.25) is 0 Å². The van der Waals surface area contributed by atoms with Crippen molar-refractivity contribution in [2.24, 2.45) is 5.92 Å². The molecule has 1 aliphatic rings. The van der Waals surface area contributed by atoms with E-state index in [-0.39, 0.29) is 5.82 Å². The first-order valence-corrected chi connectivity index (χ1v) is 5.41. The zero-order valence-corrected chi connectivity index (χ0v) is 8.38. The van der Waals surface area contributed by atoms with Gasteiger partial charge in [0.1, 0.15) is 5.82 Å². The Morgan fingerprint density at radius 1 is 1.29 bits per heavy atom. The average Bonchev–Trinajstić information content (AvgIpc) is 2.23. The van der Waals surface area contributed by atoms with Crippen molar-refractivity contribution in [2.75, 3.05) is 13.1 Å². The lowest BCUT2D eigenvalue weighted by molar-refractivity contribution is -0.668.